The summed E-state index contributed by atoms with van der Waals surface area (Å²) in [4.78, 5) is 9.95. The van der Waals surface area contributed by atoms with Gasteiger partial charge in [-0.2, -0.15) is 0 Å². The standard InChI is InChI=1S/C19H34N4OS.HI/c1-5-17-7-8-18(25-17)12-22-19(20-6-2)21-11-16-14-23(9-10-24-16)13-15(3)4;/h7-8,15-16H,5-6,9-14H2,1-4H3,(H2,20,21,22);1H. The van der Waals surface area contributed by atoms with Crippen molar-refractivity contribution >= 4 is 41.3 Å². The van der Waals surface area contributed by atoms with Gasteiger partial charge in [-0.25, -0.2) is 4.99 Å². The number of rotatable bonds is 8. The Morgan fingerprint density at radius 1 is 1.31 bits per heavy atom. The molecule has 1 unspecified atom stereocenters. The molecule has 1 aromatic heterocycles. The third kappa shape index (κ3) is 8.54. The van der Waals surface area contributed by atoms with Crippen molar-refractivity contribution in [2.45, 2.75) is 46.8 Å². The van der Waals surface area contributed by atoms with Crippen LogP contribution in [-0.4, -0.2) is 56.3 Å². The van der Waals surface area contributed by atoms with Crippen molar-refractivity contribution in [3.63, 3.8) is 0 Å². The van der Waals surface area contributed by atoms with Crippen molar-refractivity contribution < 1.29 is 4.74 Å². The Morgan fingerprint density at radius 3 is 2.73 bits per heavy atom. The van der Waals surface area contributed by atoms with Gasteiger partial charge in [0.2, 0.25) is 0 Å². The molecule has 1 aliphatic heterocycles. The lowest BCUT2D eigenvalue weighted by atomic mass is 10.2. The maximum Gasteiger partial charge on any atom is 0.191 e. The highest BCUT2D eigenvalue weighted by Crippen LogP contribution is 2.17. The highest BCUT2D eigenvalue weighted by molar-refractivity contribution is 14.0. The Morgan fingerprint density at radius 2 is 2.08 bits per heavy atom. The van der Waals surface area contributed by atoms with Gasteiger partial charge in [-0.1, -0.05) is 20.8 Å². The van der Waals surface area contributed by atoms with E-state index >= 15 is 0 Å². The quantitative estimate of drug-likeness (QED) is 0.331. The number of morpholine rings is 1. The normalized spacial score (nSPS) is 18.7. The Balaban J connectivity index is 0.00000338. The molecule has 0 aromatic carbocycles. The van der Waals surface area contributed by atoms with Gasteiger partial charge in [0.15, 0.2) is 5.96 Å². The summed E-state index contributed by atoms with van der Waals surface area (Å²) < 4.78 is 5.91. The first-order valence-corrected chi connectivity index (χ1v) is 10.4. The summed E-state index contributed by atoms with van der Waals surface area (Å²) in [5.74, 6) is 1.57. The minimum absolute atomic E-state index is 0. The predicted octanol–water partition coefficient (Wildman–Crippen LogP) is 3.34. The van der Waals surface area contributed by atoms with Gasteiger partial charge in [0, 0.05) is 42.5 Å². The molecule has 0 spiro atoms. The molecule has 7 heteroatoms. The molecule has 1 fully saturated rings. The summed E-state index contributed by atoms with van der Waals surface area (Å²) in [7, 11) is 0. The maximum absolute atomic E-state index is 5.91. The van der Waals surface area contributed by atoms with Crippen LogP contribution in [0.4, 0.5) is 0 Å². The molecule has 0 bridgehead atoms. The van der Waals surface area contributed by atoms with Crippen molar-refractivity contribution in [2.24, 2.45) is 10.9 Å². The SMILES string of the molecule is CCNC(=NCc1ccc(CC)s1)NCC1CN(CC(C)C)CCO1.I. The van der Waals surface area contributed by atoms with Crippen LogP contribution >= 0.6 is 35.3 Å². The topological polar surface area (TPSA) is 48.9 Å². The van der Waals surface area contributed by atoms with Gasteiger partial charge in [0.05, 0.1) is 19.3 Å². The maximum atomic E-state index is 5.91. The molecule has 0 amide bonds. The Bertz CT molecular complexity index is 535. The van der Waals surface area contributed by atoms with E-state index in [0.717, 1.165) is 58.3 Å². The lowest BCUT2D eigenvalue weighted by molar-refractivity contribution is -0.0284. The van der Waals surface area contributed by atoms with Crippen molar-refractivity contribution in [3.05, 3.63) is 21.9 Å². The van der Waals surface area contributed by atoms with Crippen LogP contribution in [0.3, 0.4) is 0 Å². The summed E-state index contributed by atoms with van der Waals surface area (Å²) in [6, 6.07) is 4.39. The third-order valence-corrected chi connectivity index (χ3v) is 5.36. The summed E-state index contributed by atoms with van der Waals surface area (Å²) in [6.45, 7) is 15.2. The molecule has 26 heavy (non-hydrogen) atoms. The molecular weight excluding hydrogens is 459 g/mol. The molecule has 1 atom stereocenters. The number of ether oxygens (including phenoxy) is 1. The highest BCUT2D eigenvalue weighted by atomic mass is 127. The fourth-order valence-electron chi connectivity index (χ4n) is 2.99. The van der Waals surface area contributed by atoms with Crippen molar-refractivity contribution in [1.29, 1.82) is 0 Å². The molecule has 0 radical (unpaired) electrons. The lowest BCUT2D eigenvalue weighted by Crippen LogP contribution is -2.50. The zero-order valence-corrected chi connectivity index (χ0v) is 19.7. The summed E-state index contributed by atoms with van der Waals surface area (Å²) in [5, 5.41) is 6.78. The molecule has 2 heterocycles. The first-order chi connectivity index (χ1) is 12.1. The van der Waals surface area contributed by atoms with Gasteiger partial charge in [0.1, 0.15) is 0 Å². The number of hydrogen-bond donors (Lipinski definition) is 2. The number of hydrogen-bond acceptors (Lipinski definition) is 4. The molecule has 0 saturated carbocycles. The predicted molar refractivity (Wildman–Crippen MR) is 123 cm³/mol. The second kappa shape index (κ2) is 12.9. The van der Waals surface area contributed by atoms with E-state index in [2.05, 4.69) is 55.4 Å². The van der Waals surface area contributed by atoms with Gasteiger partial charge < -0.3 is 15.4 Å². The molecule has 0 aliphatic carbocycles. The summed E-state index contributed by atoms with van der Waals surface area (Å²) in [6.07, 6.45) is 1.32. The second-order valence-electron chi connectivity index (χ2n) is 6.94. The number of nitrogens with one attached hydrogen (secondary N) is 2. The van der Waals surface area contributed by atoms with E-state index in [-0.39, 0.29) is 30.1 Å². The zero-order valence-electron chi connectivity index (χ0n) is 16.6. The van der Waals surface area contributed by atoms with Crippen LogP contribution in [0.1, 0.15) is 37.4 Å². The van der Waals surface area contributed by atoms with Gasteiger partial charge in [-0.3, -0.25) is 4.90 Å². The van der Waals surface area contributed by atoms with E-state index < -0.39 is 0 Å². The fraction of sp³-hybridized carbons (Fsp3) is 0.737. The number of aryl methyl sites for hydroxylation is 1. The van der Waals surface area contributed by atoms with Crippen molar-refractivity contribution in [1.82, 2.24) is 15.5 Å². The monoisotopic (exact) mass is 494 g/mol. The lowest BCUT2D eigenvalue weighted by Gasteiger charge is -2.34. The van der Waals surface area contributed by atoms with Crippen LogP contribution < -0.4 is 10.6 Å². The second-order valence-corrected chi connectivity index (χ2v) is 8.20. The number of guanidine groups is 1. The summed E-state index contributed by atoms with van der Waals surface area (Å²) in [5.41, 5.74) is 0. The average molecular weight is 494 g/mol. The number of aliphatic imine (C=N–C) groups is 1. The Labute approximate surface area is 180 Å². The van der Waals surface area contributed by atoms with Crippen molar-refractivity contribution in [3.8, 4) is 0 Å². The van der Waals surface area contributed by atoms with Crippen LogP contribution in [0.2, 0.25) is 0 Å². The van der Waals surface area contributed by atoms with E-state index in [1.807, 2.05) is 11.3 Å². The molecular formula is C19H35IN4OS. The van der Waals surface area contributed by atoms with E-state index in [1.165, 1.54) is 9.75 Å². The van der Waals surface area contributed by atoms with Crippen LogP contribution in [-0.2, 0) is 17.7 Å². The Kier molecular flexibility index (Phi) is 11.7. The average Bonchev–Trinajstić information content (AvgIpc) is 3.05. The largest absolute Gasteiger partial charge is 0.374 e. The van der Waals surface area contributed by atoms with E-state index in [1.54, 1.807) is 0 Å². The highest BCUT2D eigenvalue weighted by Gasteiger charge is 2.21. The molecule has 2 rings (SSSR count). The Hall–Kier alpha value is -0.380. The van der Waals surface area contributed by atoms with Crippen LogP contribution in [0, 0.1) is 5.92 Å². The molecule has 1 aliphatic rings. The first-order valence-electron chi connectivity index (χ1n) is 9.54. The molecule has 5 nitrogen and oxygen atoms in total. The fourth-order valence-corrected chi connectivity index (χ4v) is 3.88. The smallest absolute Gasteiger partial charge is 0.191 e. The van der Waals surface area contributed by atoms with Gasteiger partial charge in [0.25, 0.3) is 0 Å². The molecule has 1 aromatic rings. The van der Waals surface area contributed by atoms with Crippen molar-refractivity contribution in [2.75, 3.05) is 39.3 Å². The van der Waals surface area contributed by atoms with E-state index in [9.17, 15) is 0 Å². The first kappa shape index (κ1) is 23.7. The number of thiophene rings is 1. The van der Waals surface area contributed by atoms with E-state index in [0.29, 0.717) is 5.92 Å². The molecule has 2 N–H and O–H groups in total. The van der Waals surface area contributed by atoms with Gasteiger partial charge >= 0.3 is 0 Å². The minimum Gasteiger partial charge on any atom is -0.374 e. The van der Waals surface area contributed by atoms with Gasteiger partial charge in [-0.05, 0) is 31.4 Å². The van der Waals surface area contributed by atoms with Gasteiger partial charge in [-0.15, -0.1) is 35.3 Å². The van der Waals surface area contributed by atoms with E-state index in [4.69, 9.17) is 9.73 Å². The molecule has 1 saturated heterocycles. The zero-order chi connectivity index (χ0) is 18.1. The number of nitrogens with zero attached hydrogens (tertiary/aromatic N) is 2. The van der Waals surface area contributed by atoms with Crippen LogP contribution in [0.5, 0.6) is 0 Å². The minimum atomic E-state index is 0. The number of halogens is 1. The third-order valence-electron chi connectivity index (χ3n) is 4.15. The summed E-state index contributed by atoms with van der Waals surface area (Å²) >= 11 is 1.85. The molecule has 150 valence electrons. The van der Waals surface area contributed by atoms with Crippen LogP contribution in [0.25, 0.3) is 0 Å². The van der Waals surface area contributed by atoms with Crippen LogP contribution in [0.15, 0.2) is 17.1 Å².